The summed E-state index contributed by atoms with van der Waals surface area (Å²) < 4.78 is 44.4. The average molecular weight is 483 g/mol. The summed E-state index contributed by atoms with van der Waals surface area (Å²) >= 11 is 5.61. The van der Waals surface area contributed by atoms with E-state index in [0.717, 1.165) is 6.07 Å². The van der Waals surface area contributed by atoms with Gasteiger partial charge < -0.3 is 15.4 Å². The number of H-pyrrole nitrogens is 1. The fourth-order valence-electron chi connectivity index (χ4n) is 2.90. The van der Waals surface area contributed by atoms with Crippen molar-refractivity contribution >= 4 is 46.0 Å². The summed E-state index contributed by atoms with van der Waals surface area (Å²) in [6, 6.07) is 9.88. The van der Waals surface area contributed by atoms with Gasteiger partial charge in [-0.2, -0.15) is 18.3 Å². The third kappa shape index (κ3) is 6.01. The maximum absolute atomic E-state index is 13.1. The lowest BCUT2D eigenvalue weighted by Crippen LogP contribution is -2.32. The first-order valence-electron chi connectivity index (χ1n) is 9.64. The molecule has 2 aromatic carbocycles. The number of hydrogen-bond donors (Lipinski definition) is 3. The number of rotatable bonds is 7. The number of hydrogen-bond acceptors (Lipinski definition) is 5. The molecule has 174 valence electrons. The van der Waals surface area contributed by atoms with Crippen molar-refractivity contribution in [2.75, 3.05) is 11.9 Å². The van der Waals surface area contributed by atoms with Crippen molar-refractivity contribution in [3.05, 3.63) is 58.7 Å². The Morgan fingerprint density at radius 2 is 1.91 bits per heavy atom. The summed E-state index contributed by atoms with van der Waals surface area (Å²) in [5, 5.41) is 11.7. The second-order valence-electron chi connectivity index (χ2n) is 6.93. The summed E-state index contributed by atoms with van der Waals surface area (Å²) in [7, 11) is 0. The Bertz CT molecular complexity index is 1200. The summed E-state index contributed by atoms with van der Waals surface area (Å²) in [6.45, 7) is 1.12. The van der Waals surface area contributed by atoms with Gasteiger partial charge in [0, 0.05) is 17.0 Å². The van der Waals surface area contributed by atoms with Crippen LogP contribution in [-0.4, -0.2) is 40.6 Å². The third-order valence-corrected chi connectivity index (χ3v) is 4.76. The number of anilines is 1. The molecule has 0 aliphatic heterocycles. The minimum absolute atomic E-state index is 0.0946. The molecule has 0 aliphatic carbocycles. The van der Waals surface area contributed by atoms with E-state index in [0.29, 0.717) is 17.0 Å². The van der Waals surface area contributed by atoms with E-state index in [4.69, 9.17) is 16.3 Å². The first kappa shape index (κ1) is 24.1. The molecule has 0 saturated carbocycles. The standard InChI is InChI=1S/C21H18ClF3N4O4/c1-11(19(31)27-16-7-6-12(22)10-14(16)21(23,24)25)33-17(30)8-9-26-20(32)18-13-4-2-3-5-15(13)28-29-18/h2-7,10-11H,8-9H2,1H3,(H,26,32)(H,27,31)(H,28,29). The molecule has 8 nitrogen and oxygen atoms in total. The quantitative estimate of drug-likeness (QED) is 0.442. The predicted molar refractivity (Wildman–Crippen MR) is 114 cm³/mol. The monoisotopic (exact) mass is 482 g/mol. The van der Waals surface area contributed by atoms with E-state index < -0.39 is 41.3 Å². The Hall–Kier alpha value is -3.60. The molecule has 1 aromatic heterocycles. The Balaban J connectivity index is 1.50. The molecule has 0 saturated heterocycles. The van der Waals surface area contributed by atoms with Gasteiger partial charge in [0.25, 0.3) is 11.8 Å². The largest absolute Gasteiger partial charge is 0.452 e. The Labute approximate surface area is 190 Å². The molecule has 3 N–H and O–H groups in total. The molecule has 0 spiro atoms. The molecule has 3 aromatic rings. The number of amides is 2. The number of halogens is 4. The SMILES string of the molecule is CC(OC(=O)CCNC(=O)c1n[nH]c2ccccc12)C(=O)Nc1ccc(Cl)cc1C(F)(F)F. The first-order valence-corrected chi connectivity index (χ1v) is 10.0. The summed E-state index contributed by atoms with van der Waals surface area (Å²) in [5.74, 6) is -2.28. The van der Waals surface area contributed by atoms with Crippen molar-refractivity contribution in [3.8, 4) is 0 Å². The maximum Gasteiger partial charge on any atom is 0.418 e. The number of alkyl halides is 3. The topological polar surface area (TPSA) is 113 Å². The molecule has 1 unspecified atom stereocenters. The number of aromatic amines is 1. The highest BCUT2D eigenvalue weighted by molar-refractivity contribution is 6.30. The molecular formula is C21H18ClF3N4O4. The van der Waals surface area contributed by atoms with Crippen molar-refractivity contribution < 1.29 is 32.3 Å². The molecule has 0 radical (unpaired) electrons. The summed E-state index contributed by atoms with van der Waals surface area (Å²) in [4.78, 5) is 36.5. The zero-order valence-electron chi connectivity index (χ0n) is 17.1. The molecule has 0 aliphatic rings. The van der Waals surface area contributed by atoms with E-state index in [1.54, 1.807) is 24.3 Å². The number of para-hydroxylation sites is 1. The second-order valence-corrected chi connectivity index (χ2v) is 7.37. The van der Waals surface area contributed by atoms with Gasteiger partial charge in [-0.3, -0.25) is 19.5 Å². The fourth-order valence-corrected chi connectivity index (χ4v) is 3.07. The summed E-state index contributed by atoms with van der Waals surface area (Å²) in [6.07, 6.45) is -6.38. The van der Waals surface area contributed by atoms with Crippen LogP contribution in [0.25, 0.3) is 10.9 Å². The summed E-state index contributed by atoms with van der Waals surface area (Å²) in [5.41, 5.74) is -0.805. The molecule has 1 heterocycles. The molecule has 0 bridgehead atoms. The predicted octanol–water partition coefficient (Wildman–Crippen LogP) is 3.93. The van der Waals surface area contributed by atoms with E-state index in [1.807, 2.05) is 0 Å². The van der Waals surface area contributed by atoms with Gasteiger partial charge in [-0.15, -0.1) is 0 Å². The lowest BCUT2D eigenvalue weighted by atomic mass is 10.1. The number of carbonyl (C=O) groups is 3. The number of carbonyl (C=O) groups excluding carboxylic acids is 3. The van der Waals surface area contributed by atoms with Crippen molar-refractivity contribution in [2.24, 2.45) is 0 Å². The van der Waals surface area contributed by atoms with Gasteiger partial charge in [-0.1, -0.05) is 29.8 Å². The number of ether oxygens (including phenoxy) is 1. The van der Waals surface area contributed by atoms with Crippen LogP contribution in [0.1, 0.15) is 29.4 Å². The lowest BCUT2D eigenvalue weighted by Gasteiger charge is -2.17. The number of nitrogens with zero attached hydrogens (tertiary/aromatic N) is 1. The van der Waals surface area contributed by atoms with Crippen LogP contribution in [0.5, 0.6) is 0 Å². The smallest absolute Gasteiger partial charge is 0.418 e. The van der Waals surface area contributed by atoms with Crippen LogP contribution in [-0.2, 0) is 20.5 Å². The highest BCUT2D eigenvalue weighted by Gasteiger charge is 2.34. The van der Waals surface area contributed by atoms with Crippen LogP contribution in [0.15, 0.2) is 42.5 Å². The van der Waals surface area contributed by atoms with Gasteiger partial charge in [0.05, 0.1) is 23.2 Å². The normalized spacial score (nSPS) is 12.3. The highest BCUT2D eigenvalue weighted by Crippen LogP contribution is 2.36. The minimum Gasteiger partial charge on any atom is -0.452 e. The molecule has 2 amide bonds. The van der Waals surface area contributed by atoms with Crippen LogP contribution < -0.4 is 10.6 Å². The number of nitrogens with one attached hydrogen (secondary N) is 3. The zero-order valence-corrected chi connectivity index (χ0v) is 17.9. The van der Waals surface area contributed by atoms with Gasteiger partial charge in [0.2, 0.25) is 0 Å². The van der Waals surface area contributed by atoms with E-state index in [-0.39, 0.29) is 23.7 Å². The molecular weight excluding hydrogens is 465 g/mol. The zero-order chi connectivity index (χ0) is 24.2. The third-order valence-electron chi connectivity index (χ3n) is 4.52. The fraction of sp³-hybridized carbons (Fsp3) is 0.238. The molecule has 1 atom stereocenters. The Kier molecular flexibility index (Phi) is 7.22. The number of esters is 1. The molecule has 0 fully saturated rings. The number of aromatic nitrogens is 2. The van der Waals surface area contributed by atoms with Gasteiger partial charge in [0.1, 0.15) is 0 Å². The van der Waals surface area contributed by atoms with Gasteiger partial charge >= 0.3 is 12.1 Å². The maximum atomic E-state index is 13.1. The number of fused-ring (bicyclic) bond motifs is 1. The number of benzene rings is 2. The Morgan fingerprint density at radius 3 is 2.64 bits per heavy atom. The first-order chi connectivity index (χ1) is 15.6. The van der Waals surface area contributed by atoms with Crippen molar-refractivity contribution in [2.45, 2.75) is 25.6 Å². The van der Waals surface area contributed by atoms with Gasteiger partial charge in [0.15, 0.2) is 11.8 Å². The van der Waals surface area contributed by atoms with Crippen LogP contribution in [0.2, 0.25) is 5.02 Å². The van der Waals surface area contributed by atoms with E-state index in [9.17, 15) is 27.6 Å². The van der Waals surface area contributed by atoms with E-state index in [2.05, 4.69) is 20.8 Å². The van der Waals surface area contributed by atoms with Crippen molar-refractivity contribution in [1.82, 2.24) is 15.5 Å². The Morgan fingerprint density at radius 1 is 1.18 bits per heavy atom. The van der Waals surface area contributed by atoms with Crippen LogP contribution in [0.4, 0.5) is 18.9 Å². The van der Waals surface area contributed by atoms with Gasteiger partial charge in [-0.25, -0.2) is 0 Å². The van der Waals surface area contributed by atoms with Crippen LogP contribution >= 0.6 is 11.6 Å². The van der Waals surface area contributed by atoms with E-state index >= 15 is 0 Å². The molecule has 12 heteroatoms. The van der Waals surface area contributed by atoms with Gasteiger partial charge in [-0.05, 0) is 31.2 Å². The molecule has 3 rings (SSSR count). The van der Waals surface area contributed by atoms with Crippen LogP contribution in [0, 0.1) is 0 Å². The van der Waals surface area contributed by atoms with E-state index in [1.165, 1.54) is 13.0 Å². The highest BCUT2D eigenvalue weighted by atomic mass is 35.5. The van der Waals surface area contributed by atoms with Crippen molar-refractivity contribution in [3.63, 3.8) is 0 Å². The lowest BCUT2D eigenvalue weighted by molar-refractivity contribution is -0.153. The van der Waals surface area contributed by atoms with Crippen LogP contribution in [0.3, 0.4) is 0 Å². The minimum atomic E-state index is -4.74. The average Bonchev–Trinajstić information content (AvgIpc) is 3.18. The van der Waals surface area contributed by atoms with Crippen molar-refractivity contribution in [1.29, 1.82) is 0 Å². The molecule has 33 heavy (non-hydrogen) atoms. The second kappa shape index (κ2) is 9.90.